The predicted molar refractivity (Wildman–Crippen MR) is 62.3 cm³/mol. The Hall–Kier alpha value is -1.72. The normalized spacial score (nSPS) is 13.1. The minimum absolute atomic E-state index is 0.543. The topological polar surface area (TPSA) is 61.8 Å². The minimum Gasteiger partial charge on any atom is -0.382 e. The van der Waals surface area contributed by atoms with Gasteiger partial charge in [-0.2, -0.15) is 15.4 Å². The van der Waals surface area contributed by atoms with Crippen LogP contribution in [0.5, 0.6) is 0 Å². The van der Waals surface area contributed by atoms with Crippen molar-refractivity contribution in [3.63, 3.8) is 0 Å². The summed E-state index contributed by atoms with van der Waals surface area (Å²) in [6.07, 6.45) is 0.818. The third kappa shape index (κ3) is 1.41. The van der Waals surface area contributed by atoms with E-state index in [-0.39, 0.29) is 0 Å². The van der Waals surface area contributed by atoms with Crippen molar-refractivity contribution in [1.82, 2.24) is 15.4 Å². The van der Waals surface area contributed by atoms with Gasteiger partial charge in [0.1, 0.15) is 11.8 Å². The van der Waals surface area contributed by atoms with Gasteiger partial charge in [-0.3, -0.25) is 0 Å². The molecular weight excluding hydrogens is 222 g/mol. The maximum Gasteiger partial charge on any atom is 0.126 e. The molecular formula is C11H9N3OS. The first-order valence-corrected chi connectivity index (χ1v) is 5.74. The molecule has 2 heterocycles. The van der Waals surface area contributed by atoms with Crippen LogP contribution in [0.1, 0.15) is 17.4 Å². The fourth-order valence-electron chi connectivity index (χ4n) is 1.73. The second kappa shape index (κ2) is 3.70. The summed E-state index contributed by atoms with van der Waals surface area (Å²) < 4.78 is 1.10. The van der Waals surface area contributed by atoms with Gasteiger partial charge in [0, 0.05) is 10.3 Å². The molecule has 0 spiro atoms. The summed E-state index contributed by atoms with van der Waals surface area (Å²) in [7, 11) is 0. The highest BCUT2D eigenvalue weighted by Gasteiger charge is 2.16. The molecule has 16 heavy (non-hydrogen) atoms. The van der Waals surface area contributed by atoms with E-state index >= 15 is 0 Å². The van der Waals surface area contributed by atoms with E-state index in [9.17, 15) is 5.11 Å². The van der Waals surface area contributed by atoms with E-state index in [1.54, 1.807) is 11.3 Å². The molecule has 1 aromatic carbocycles. The number of aliphatic hydroxyl groups is 1. The predicted octanol–water partition coefficient (Wildman–Crippen LogP) is 2.10. The smallest absolute Gasteiger partial charge is 0.126 e. The quantitative estimate of drug-likeness (QED) is 0.710. The molecule has 0 aliphatic rings. The average Bonchev–Trinajstić information content (AvgIpc) is 2.98. The standard InChI is InChI=1S/C11H9N3OS/c15-10(9-6-12-14-13-9)8-3-1-2-7-4-5-16-11(7)8/h1-6,10,15H,(H,12,13,14). The molecule has 0 saturated carbocycles. The summed E-state index contributed by atoms with van der Waals surface area (Å²) in [6, 6.07) is 7.93. The van der Waals surface area contributed by atoms with Crippen molar-refractivity contribution in [2.75, 3.05) is 0 Å². The van der Waals surface area contributed by atoms with Crippen molar-refractivity contribution in [1.29, 1.82) is 0 Å². The molecule has 0 saturated heterocycles. The number of hydrogen-bond donors (Lipinski definition) is 2. The van der Waals surface area contributed by atoms with Crippen molar-refractivity contribution >= 4 is 21.4 Å². The number of aromatic nitrogens is 3. The van der Waals surface area contributed by atoms with Gasteiger partial charge in [0.2, 0.25) is 0 Å². The van der Waals surface area contributed by atoms with Crippen molar-refractivity contribution in [2.24, 2.45) is 0 Å². The molecule has 0 radical (unpaired) electrons. The first kappa shape index (κ1) is 9.50. The van der Waals surface area contributed by atoms with Gasteiger partial charge in [-0.05, 0) is 16.8 Å². The van der Waals surface area contributed by atoms with E-state index in [2.05, 4.69) is 15.4 Å². The summed E-state index contributed by atoms with van der Waals surface area (Å²) in [5, 5.41) is 23.5. The van der Waals surface area contributed by atoms with Gasteiger partial charge in [-0.15, -0.1) is 11.3 Å². The summed E-state index contributed by atoms with van der Waals surface area (Å²) in [5.41, 5.74) is 1.42. The van der Waals surface area contributed by atoms with Gasteiger partial charge in [0.05, 0.1) is 6.20 Å². The highest BCUT2D eigenvalue weighted by molar-refractivity contribution is 7.17. The largest absolute Gasteiger partial charge is 0.382 e. The Labute approximate surface area is 95.6 Å². The fourth-order valence-corrected chi connectivity index (χ4v) is 2.67. The van der Waals surface area contributed by atoms with E-state index in [0.29, 0.717) is 5.69 Å². The van der Waals surface area contributed by atoms with Gasteiger partial charge < -0.3 is 5.11 Å². The Kier molecular flexibility index (Phi) is 2.19. The summed E-state index contributed by atoms with van der Waals surface area (Å²) in [6.45, 7) is 0. The molecule has 3 aromatic rings. The number of H-pyrrole nitrogens is 1. The lowest BCUT2D eigenvalue weighted by atomic mass is 10.1. The van der Waals surface area contributed by atoms with Gasteiger partial charge in [0.15, 0.2) is 0 Å². The number of fused-ring (bicyclic) bond motifs is 1. The van der Waals surface area contributed by atoms with Crippen LogP contribution in [0.2, 0.25) is 0 Å². The molecule has 0 aliphatic carbocycles. The zero-order valence-corrected chi connectivity index (χ0v) is 9.11. The van der Waals surface area contributed by atoms with Crippen molar-refractivity contribution < 1.29 is 5.11 Å². The maximum absolute atomic E-state index is 10.2. The molecule has 1 atom stereocenters. The highest BCUT2D eigenvalue weighted by atomic mass is 32.1. The number of nitrogens with one attached hydrogen (secondary N) is 1. The fraction of sp³-hybridized carbons (Fsp3) is 0.0909. The Bertz CT molecular complexity index is 603. The monoisotopic (exact) mass is 231 g/mol. The van der Waals surface area contributed by atoms with E-state index in [0.717, 1.165) is 15.6 Å². The number of benzene rings is 1. The average molecular weight is 231 g/mol. The van der Waals surface area contributed by atoms with Crippen LogP contribution in [0, 0.1) is 0 Å². The minimum atomic E-state index is -0.721. The second-order valence-electron chi connectivity index (χ2n) is 3.48. The number of aromatic amines is 1. The Morgan fingerprint density at radius 2 is 2.25 bits per heavy atom. The van der Waals surface area contributed by atoms with Crippen LogP contribution in [0.15, 0.2) is 35.8 Å². The molecule has 2 N–H and O–H groups in total. The van der Waals surface area contributed by atoms with Crippen LogP contribution >= 0.6 is 11.3 Å². The molecule has 2 aromatic heterocycles. The number of hydrogen-bond acceptors (Lipinski definition) is 4. The van der Waals surface area contributed by atoms with Crippen LogP contribution in [0.3, 0.4) is 0 Å². The van der Waals surface area contributed by atoms with Gasteiger partial charge in [-0.25, -0.2) is 0 Å². The molecule has 0 bridgehead atoms. The molecule has 1 unspecified atom stereocenters. The molecule has 80 valence electrons. The van der Waals surface area contributed by atoms with Crippen molar-refractivity contribution in [2.45, 2.75) is 6.10 Å². The van der Waals surface area contributed by atoms with Crippen LogP contribution in [-0.4, -0.2) is 20.5 Å². The Morgan fingerprint density at radius 3 is 3.06 bits per heavy atom. The number of rotatable bonds is 2. The van der Waals surface area contributed by atoms with Crippen LogP contribution in [-0.2, 0) is 0 Å². The highest BCUT2D eigenvalue weighted by Crippen LogP contribution is 2.31. The van der Waals surface area contributed by atoms with Crippen LogP contribution < -0.4 is 0 Å². The molecule has 3 rings (SSSR count). The third-order valence-corrected chi connectivity index (χ3v) is 3.50. The summed E-state index contributed by atoms with van der Waals surface area (Å²) in [5.74, 6) is 0. The zero-order valence-electron chi connectivity index (χ0n) is 8.29. The molecule has 0 amide bonds. The van der Waals surface area contributed by atoms with Crippen LogP contribution in [0.25, 0.3) is 10.1 Å². The van der Waals surface area contributed by atoms with Crippen molar-refractivity contribution in [3.8, 4) is 0 Å². The molecule has 5 heteroatoms. The molecule has 0 fully saturated rings. The summed E-state index contributed by atoms with van der Waals surface area (Å²) >= 11 is 1.62. The van der Waals surface area contributed by atoms with Gasteiger partial charge >= 0.3 is 0 Å². The zero-order chi connectivity index (χ0) is 11.0. The molecule has 4 nitrogen and oxygen atoms in total. The third-order valence-electron chi connectivity index (χ3n) is 2.52. The van der Waals surface area contributed by atoms with E-state index < -0.39 is 6.10 Å². The first-order chi connectivity index (χ1) is 7.86. The number of aliphatic hydroxyl groups excluding tert-OH is 1. The lowest BCUT2D eigenvalue weighted by Crippen LogP contribution is -2.00. The van der Waals surface area contributed by atoms with E-state index in [4.69, 9.17) is 0 Å². The lowest BCUT2D eigenvalue weighted by molar-refractivity contribution is 0.217. The van der Waals surface area contributed by atoms with E-state index in [1.807, 2.05) is 29.6 Å². The van der Waals surface area contributed by atoms with Crippen molar-refractivity contribution in [3.05, 3.63) is 47.1 Å². The SMILES string of the molecule is OC(c1cn[nH]n1)c1cccc2ccsc12. The number of nitrogens with zero attached hydrogens (tertiary/aromatic N) is 2. The lowest BCUT2D eigenvalue weighted by Gasteiger charge is -2.08. The molecule has 0 aliphatic heterocycles. The maximum atomic E-state index is 10.2. The van der Waals surface area contributed by atoms with Gasteiger partial charge in [-0.1, -0.05) is 18.2 Å². The Balaban J connectivity index is 2.15. The second-order valence-corrected chi connectivity index (χ2v) is 4.40. The van der Waals surface area contributed by atoms with E-state index in [1.165, 1.54) is 6.20 Å². The number of thiophene rings is 1. The Morgan fingerprint density at radius 1 is 1.31 bits per heavy atom. The van der Waals surface area contributed by atoms with Crippen LogP contribution in [0.4, 0.5) is 0 Å². The first-order valence-electron chi connectivity index (χ1n) is 4.86. The van der Waals surface area contributed by atoms with Gasteiger partial charge in [0.25, 0.3) is 0 Å². The summed E-state index contributed by atoms with van der Waals surface area (Å²) in [4.78, 5) is 0.